The molecule has 1 heterocycles. The topological polar surface area (TPSA) is 32.3 Å². The minimum Gasteiger partial charge on any atom is -0.337 e. The molecule has 1 aliphatic heterocycles. The first-order chi connectivity index (χ1) is 9.22. The van der Waals surface area contributed by atoms with E-state index in [0.717, 1.165) is 29.6 Å². The summed E-state index contributed by atoms with van der Waals surface area (Å²) >= 11 is 6.14. The van der Waals surface area contributed by atoms with Crippen LogP contribution < -0.4 is 5.32 Å². The molecule has 1 aromatic rings. The molecule has 1 amide bonds. The first kappa shape index (κ1) is 12.9. The average molecular weight is 279 g/mol. The van der Waals surface area contributed by atoms with Gasteiger partial charge in [0.05, 0.1) is 0 Å². The second kappa shape index (κ2) is 5.51. The number of likely N-dealkylation sites (tertiary alicyclic amines) is 1. The van der Waals surface area contributed by atoms with Crippen molar-refractivity contribution < 1.29 is 4.79 Å². The van der Waals surface area contributed by atoms with Crippen LogP contribution in [-0.2, 0) is 11.3 Å². The van der Waals surface area contributed by atoms with Gasteiger partial charge < -0.3 is 10.2 Å². The summed E-state index contributed by atoms with van der Waals surface area (Å²) in [6.45, 7) is 2.49. The first-order valence-electron chi connectivity index (χ1n) is 6.97. The van der Waals surface area contributed by atoms with E-state index in [1.54, 1.807) is 0 Å². The molecule has 1 aromatic carbocycles. The molecule has 1 saturated carbocycles. The number of nitrogens with one attached hydrogen (secondary N) is 1. The molecule has 1 atom stereocenters. The van der Waals surface area contributed by atoms with E-state index >= 15 is 0 Å². The Hall–Kier alpha value is -1.06. The summed E-state index contributed by atoms with van der Waals surface area (Å²) in [5.41, 5.74) is 1.03. The van der Waals surface area contributed by atoms with E-state index < -0.39 is 0 Å². The van der Waals surface area contributed by atoms with E-state index in [0.29, 0.717) is 19.0 Å². The Balaban J connectivity index is 1.56. The second-order valence-electron chi connectivity index (χ2n) is 5.62. The van der Waals surface area contributed by atoms with Crippen LogP contribution in [-0.4, -0.2) is 29.9 Å². The Labute approximate surface area is 118 Å². The monoisotopic (exact) mass is 278 g/mol. The Morgan fingerprint density at radius 3 is 2.84 bits per heavy atom. The zero-order valence-corrected chi connectivity index (χ0v) is 11.7. The van der Waals surface area contributed by atoms with Crippen molar-refractivity contribution in [2.75, 3.05) is 13.1 Å². The lowest BCUT2D eigenvalue weighted by molar-refractivity contribution is -0.128. The summed E-state index contributed by atoms with van der Waals surface area (Å²) in [5, 5.41) is 4.25. The number of amides is 1. The molecule has 1 N–H and O–H groups in total. The van der Waals surface area contributed by atoms with Crippen LogP contribution in [0.1, 0.15) is 24.8 Å². The van der Waals surface area contributed by atoms with Gasteiger partial charge in [0.25, 0.3) is 0 Å². The Morgan fingerprint density at radius 1 is 1.32 bits per heavy atom. The third-order valence-electron chi connectivity index (χ3n) is 3.93. The van der Waals surface area contributed by atoms with Crippen LogP contribution in [0.4, 0.5) is 0 Å². The fraction of sp³-hybridized carbons (Fsp3) is 0.533. The average Bonchev–Trinajstić information content (AvgIpc) is 3.16. The van der Waals surface area contributed by atoms with Crippen LogP contribution >= 0.6 is 11.6 Å². The lowest BCUT2D eigenvalue weighted by atomic mass is 10.2. The molecule has 0 spiro atoms. The van der Waals surface area contributed by atoms with Crippen LogP contribution in [0.3, 0.4) is 0 Å². The van der Waals surface area contributed by atoms with Crippen molar-refractivity contribution in [1.29, 1.82) is 0 Å². The van der Waals surface area contributed by atoms with Gasteiger partial charge >= 0.3 is 0 Å². The zero-order chi connectivity index (χ0) is 13.2. The van der Waals surface area contributed by atoms with E-state index in [1.807, 2.05) is 29.2 Å². The molecule has 102 valence electrons. The van der Waals surface area contributed by atoms with E-state index in [-0.39, 0.29) is 5.91 Å². The van der Waals surface area contributed by atoms with Gasteiger partial charge in [0, 0.05) is 30.6 Å². The van der Waals surface area contributed by atoms with Gasteiger partial charge in [0.2, 0.25) is 5.91 Å². The lowest BCUT2D eigenvalue weighted by Crippen LogP contribution is -2.33. The zero-order valence-electron chi connectivity index (χ0n) is 10.9. The maximum Gasteiger partial charge on any atom is 0.224 e. The van der Waals surface area contributed by atoms with Crippen LogP contribution in [0.2, 0.25) is 5.02 Å². The van der Waals surface area contributed by atoms with E-state index in [2.05, 4.69) is 5.32 Å². The maximum absolute atomic E-state index is 12.0. The number of rotatable bonds is 5. The van der Waals surface area contributed by atoms with Gasteiger partial charge in [0.15, 0.2) is 0 Å². The van der Waals surface area contributed by atoms with E-state index in [4.69, 9.17) is 11.6 Å². The SMILES string of the molecule is O=C1C[C@H](NCC2CC2)CN1Cc1ccccc1Cl. The lowest BCUT2D eigenvalue weighted by Gasteiger charge is -2.18. The molecule has 2 aliphatic rings. The van der Waals surface area contributed by atoms with Crippen molar-refractivity contribution in [3.05, 3.63) is 34.9 Å². The number of hydrogen-bond acceptors (Lipinski definition) is 2. The van der Waals surface area contributed by atoms with Crippen LogP contribution in [0.15, 0.2) is 24.3 Å². The highest BCUT2D eigenvalue weighted by atomic mass is 35.5. The molecular formula is C15H19ClN2O. The van der Waals surface area contributed by atoms with Gasteiger partial charge in [-0.05, 0) is 36.9 Å². The molecule has 4 heteroatoms. The van der Waals surface area contributed by atoms with Crippen molar-refractivity contribution in [2.45, 2.75) is 31.8 Å². The van der Waals surface area contributed by atoms with E-state index in [1.165, 1.54) is 12.8 Å². The normalized spacial score (nSPS) is 23.1. The standard InChI is InChI=1S/C15H19ClN2O/c16-14-4-2-1-3-12(14)9-18-10-13(7-15(18)19)17-8-11-5-6-11/h1-4,11,13,17H,5-10H2/t13-/m0/s1. The number of benzene rings is 1. The summed E-state index contributed by atoms with van der Waals surface area (Å²) in [5.74, 6) is 1.08. The molecule has 1 aliphatic carbocycles. The van der Waals surface area contributed by atoms with Gasteiger partial charge in [-0.2, -0.15) is 0 Å². The number of carbonyl (C=O) groups is 1. The molecule has 1 saturated heterocycles. The molecule has 0 aromatic heterocycles. The predicted octanol–water partition coefficient (Wildman–Crippen LogP) is 2.44. The Morgan fingerprint density at radius 2 is 2.11 bits per heavy atom. The summed E-state index contributed by atoms with van der Waals surface area (Å²) in [7, 11) is 0. The number of carbonyl (C=O) groups excluding carboxylic acids is 1. The largest absolute Gasteiger partial charge is 0.337 e. The van der Waals surface area contributed by atoms with Crippen LogP contribution in [0, 0.1) is 5.92 Å². The van der Waals surface area contributed by atoms with Crippen molar-refractivity contribution in [3.8, 4) is 0 Å². The Bertz CT molecular complexity index is 473. The third kappa shape index (κ3) is 3.28. The first-order valence-corrected chi connectivity index (χ1v) is 7.35. The number of nitrogens with zero attached hydrogens (tertiary/aromatic N) is 1. The van der Waals surface area contributed by atoms with Crippen molar-refractivity contribution >= 4 is 17.5 Å². The number of halogens is 1. The smallest absolute Gasteiger partial charge is 0.224 e. The summed E-state index contributed by atoms with van der Waals surface area (Å²) in [4.78, 5) is 13.9. The minimum atomic E-state index is 0.230. The number of hydrogen-bond donors (Lipinski definition) is 1. The molecular weight excluding hydrogens is 260 g/mol. The van der Waals surface area contributed by atoms with Gasteiger partial charge in [-0.1, -0.05) is 29.8 Å². The van der Waals surface area contributed by atoms with Crippen LogP contribution in [0.5, 0.6) is 0 Å². The highest BCUT2D eigenvalue weighted by Gasteiger charge is 2.31. The summed E-state index contributed by atoms with van der Waals surface area (Å²) in [6, 6.07) is 8.05. The molecule has 3 rings (SSSR count). The fourth-order valence-electron chi connectivity index (χ4n) is 2.55. The van der Waals surface area contributed by atoms with Gasteiger partial charge in [-0.15, -0.1) is 0 Å². The van der Waals surface area contributed by atoms with Gasteiger partial charge in [-0.25, -0.2) is 0 Å². The third-order valence-corrected chi connectivity index (χ3v) is 4.29. The summed E-state index contributed by atoms with van der Waals surface area (Å²) in [6.07, 6.45) is 3.31. The maximum atomic E-state index is 12.0. The van der Waals surface area contributed by atoms with Crippen molar-refractivity contribution in [3.63, 3.8) is 0 Å². The molecule has 0 unspecified atom stereocenters. The van der Waals surface area contributed by atoms with Crippen LogP contribution in [0.25, 0.3) is 0 Å². The highest BCUT2D eigenvalue weighted by Crippen LogP contribution is 2.28. The molecule has 2 fully saturated rings. The van der Waals surface area contributed by atoms with Crippen molar-refractivity contribution in [1.82, 2.24) is 10.2 Å². The minimum absolute atomic E-state index is 0.230. The molecule has 3 nitrogen and oxygen atoms in total. The predicted molar refractivity (Wildman–Crippen MR) is 76.0 cm³/mol. The van der Waals surface area contributed by atoms with E-state index in [9.17, 15) is 4.79 Å². The quantitative estimate of drug-likeness (QED) is 0.897. The van der Waals surface area contributed by atoms with Crippen molar-refractivity contribution in [2.24, 2.45) is 5.92 Å². The fourth-order valence-corrected chi connectivity index (χ4v) is 2.74. The Kier molecular flexibility index (Phi) is 3.76. The molecule has 19 heavy (non-hydrogen) atoms. The van der Waals surface area contributed by atoms with Gasteiger partial charge in [-0.3, -0.25) is 4.79 Å². The van der Waals surface area contributed by atoms with Gasteiger partial charge in [0.1, 0.15) is 0 Å². The molecule has 0 radical (unpaired) electrons. The summed E-state index contributed by atoms with van der Waals surface area (Å²) < 4.78 is 0. The molecule has 0 bridgehead atoms. The highest BCUT2D eigenvalue weighted by molar-refractivity contribution is 6.31. The second-order valence-corrected chi connectivity index (χ2v) is 6.03.